The van der Waals surface area contributed by atoms with Gasteiger partial charge in [-0.25, -0.2) is 8.78 Å². The third-order valence-corrected chi connectivity index (χ3v) is 2.02. The molecule has 0 atom stereocenters. The van der Waals surface area contributed by atoms with Crippen LogP contribution in [0.2, 0.25) is 0 Å². The van der Waals surface area contributed by atoms with E-state index in [9.17, 15) is 13.6 Å². The Hall–Kier alpha value is -1.89. The van der Waals surface area contributed by atoms with Crippen molar-refractivity contribution in [1.82, 2.24) is 5.32 Å². The lowest BCUT2D eigenvalue weighted by atomic mass is 10.1. The summed E-state index contributed by atoms with van der Waals surface area (Å²) in [7, 11) is 0. The van der Waals surface area contributed by atoms with E-state index in [1.54, 1.807) is 12.1 Å². The van der Waals surface area contributed by atoms with Gasteiger partial charge in [-0.05, 0) is 12.1 Å². The Morgan fingerprint density at radius 1 is 1.35 bits per heavy atom. The number of carbonyl (C=O) groups excluding carboxylic acids is 1. The molecule has 4 heteroatoms. The van der Waals surface area contributed by atoms with Crippen molar-refractivity contribution in [1.29, 1.82) is 0 Å². The maximum absolute atomic E-state index is 12.3. The van der Waals surface area contributed by atoms with E-state index in [0.29, 0.717) is 18.5 Å². The summed E-state index contributed by atoms with van der Waals surface area (Å²) in [6.45, 7) is 1.94. The molecule has 0 bridgehead atoms. The van der Waals surface area contributed by atoms with Crippen molar-refractivity contribution in [2.45, 2.75) is 19.8 Å². The summed E-state index contributed by atoms with van der Waals surface area (Å²) in [4.78, 5) is 10.5. The third kappa shape index (κ3) is 5.12. The summed E-state index contributed by atoms with van der Waals surface area (Å²) < 4.78 is 24.5. The van der Waals surface area contributed by atoms with Crippen LogP contribution in [0.15, 0.2) is 24.3 Å². The molecule has 0 aromatic heterocycles. The molecule has 0 fully saturated rings. The zero-order valence-corrected chi connectivity index (χ0v) is 9.47. The summed E-state index contributed by atoms with van der Waals surface area (Å²) in [6, 6.07) is 5.85. The predicted molar refractivity (Wildman–Crippen MR) is 61.6 cm³/mol. The SMILES string of the molecule is CC(=O)NCCC#Cc1ccc(C(F)F)cc1. The molecule has 0 heterocycles. The van der Waals surface area contributed by atoms with Gasteiger partial charge in [0, 0.05) is 31.0 Å². The van der Waals surface area contributed by atoms with Crippen LogP contribution in [0, 0.1) is 11.8 Å². The number of benzene rings is 1. The lowest BCUT2D eigenvalue weighted by Gasteiger charge is -1.98. The highest BCUT2D eigenvalue weighted by molar-refractivity contribution is 5.72. The summed E-state index contributed by atoms with van der Waals surface area (Å²) in [5.41, 5.74) is 0.686. The first kappa shape index (κ1) is 13.2. The van der Waals surface area contributed by atoms with Gasteiger partial charge in [-0.15, -0.1) is 0 Å². The van der Waals surface area contributed by atoms with Crippen molar-refractivity contribution in [2.75, 3.05) is 6.54 Å². The molecule has 0 spiro atoms. The van der Waals surface area contributed by atoms with Crippen molar-refractivity contribution in [3.63, 3.8) is 0 Å². The Morgan fingerprint density at radius 3 is 2.53 bits per heavy atom. The molecule has 2 nitrogen and oxygen atoms in total. The molecule has 17 heavy (non-hydrogen) atoms. The van der Waals surface area contributed by atoms with Gasteiger partial charge in [-0.2, -0.15) is 0 Å². The fraction of sp³-hybridized carbons (Fsp3) is 0.308. The van der Waals surface area contributed by atoms with Gasteiger partial charge in [-0.3, -0.25) is 4.79 Å². The Balaban J connectivity index is 2.46. The van der Waals surface area contributed by atoms with E-state index in [0.717, 1.165) is 0 Å². The van der Waals surface area contributed by atoms with Crippen molar-refractivity contribution >= 4 is 5.91 Å². The minimum absolute atomic E-state index is 0.00574. The maximum atomic E-state index is 12.3. The molecule has 90 valence electrons. The number of hydrogen-bond acceptors (Lipinski definition) is 1. The first-order chi connectivity index (χ1) is 8.09. The molecule has 0 aliphatic heterocycles. The summed E-state index contributed by atoms with van der Waals surface area (Å²) in [5.74, 6) is 5.60. The van der Waals surface area contributed by atoms with Crippen LogP contribution >= 0.6 is 0 Å². The van der Waals surface area contributed by atoms with Crippen molar-refractivity contribution in [3.8, 4) is 11.8 Å². The van der Waals surface area contributed by atoms with Gasteiger partial charge in [-0.1, -0.05) is 24.0 Å². The number of hydrogen-bond donors (Lipinski definition) is 1. The van der Waals surface area contributed by atoms with Gasteiger partial charge in [0.05, 0.1) is 0 Å². The molecule has 1 amide bonds. The third-order valence-electron chi connectivity index (χ3n) is 2.02. The van der Waals surface area contributed by atoms with E-state index in [1.165, 1.54) is 19.1 Å². The molecule has 1 N–H and O–H groups in total. The Labute approximate surface area is 99.0 Å². The highest BCUT2D eigenvalue weighted by Crippen LogP contribution is 2.18. The summed E-state index contributed by atoms with van der Waals surface area (Å²) in [5, 5.41) is 2.62. The molecule has 1 aromatic carbocycles. The van der Waals surface area contributed by atoms with E-state index in [-0.39, 0.29) is 11.5 Å². The van der Waals surface area contributed by atoms with Crippen LogP contribution in [0.25, 0.3) is 0 Å². The number of rotatable bonds is 3. The summed E-state index contributed by atoms with van der Waals surface area (Å²) in [6.07, 6.45) is -1.91. The van der Waals surface area contributed by atoms with Crippen LogP contribution in [-0.2, 0) is 4.79 Å². The average molecular weight is 237 g/mol. The predicted octanol–water partition coefficient (Wildman–Crippen LogP) is 2.50. The van der Waals surface area contributed by atoms with Crippen molar-refractivity contribution in [2.24, 2.45) is 0 Å². The molecule has 0 saturated heterocycles. The van der Waals surface area contributed by atoms with Crippen LogP contribution in [0.5, 0.6) is 0 Å². The molecule has 0 aliphatic carbocycles. The first-order valence-corrected chi connectivity index (χ1v) is 5.21. The topological polar surface area (TPSA) is 29.1 Å². The van der Waals surface area contributed by atoms with E-state index in [1.807, 2.05) is 0 Å². The average Bonchev–Trinajstić information content (AvgIpc) is 2.29. The van der Waals surface area contributed by atoms with Crippen LogP contribution in [0.1, 0.15) is 30.9 Å². The van der Waals surface area contributed by atoms with E-state index in [4.69, 9.17) is 0 Å². The Bertz CT molecular complexity index is 429. The van der Waals surface area contributed by atoms with Crippen molar-refractivity contribution in [3.05, 3.63) is 35.4 Å². The minimum atomic E-state index is -2.45. The van der Waals surface area contributed by atoms with Gasteiger partial charge in [0.2, 0.25) is 5.91 Å². The van der Waals surface area contributed by atoms with Gasteiger partial charge in [0.1, 0.15) is 0 Å². The molecule has 0 saturated carbocycles. The van der Waals surface area contributed by atoms with Crippen LogP contribution < -0.4 is 5.32 Å². The molecular formula is C13H13F2NO. The second-order valence-electron chi connectivity index (χ2n) is 3.46. The number of nitrogens with one attached hydrogen (secondary N) is 1. The quantitative estimate of drug-likeness (QED) is 0.635. The van der Waals surface area contributed by atoms with Crippen LogP contribution in [-0.4, -0.2) is 12.5 Å². The number of halogens is 2. The zero-order chi connectivity index (χ0) is 12.7. The normalized spacial score (nSPS) is 9.65. The lowest BCUT2D eigenvalue weighted by molar-refractivity contribution is -0.118. The van der Waals surface area contributed by atoms with Crippen molar-refractivity contribution < 1.29 is 13.6 Å². The molecule has 0 aliphatic rings. The lowest BCUT2D eigenvalue weighted by Crippen LogP contribution is -2.20. The standard InChI is InChI=1S/C13H13F2NO/c1-10(17)16-9-3-2-4-11-5-7-12(8-6-11)13(14)15/h5-8,13H,3,9H2,1H3,(H,16,17). The smallest absolute Gasteiger partial charge is 0.263 e. The van der Waals surface area contributed by atoms with Crippen LogP contribution in [0.4, 0.5) is 8.78 Å². The maximum Gasteiger partial charge on any atom is 0.263 e. The Morgan fingerprint density at radius 2 is 2.00 bits per heavy atom. The molecule has 1 aromatic rings. The summed E-state index contributed by atoms with van der Waals surface area (Å²) >= 11 is 0. The fourth-order valence-electron chi connectivity index (χ4n) is 1.18. The van der Waals surface area contributed by atoms with Gasteiger partial charge >= 0.3 is 0 Å². The van der Waals surface area contributed by atoms with Gasteiger partial charge < -0.3 is 5.32 Å². The number of alkyl halides is 2. The first-order valence-electron chi connectivity index (χ1n) is 5.21. The monoisotopic (exact) mass is 237 g/mol. The molecule has 0 unspecified atom stereocenters. The van der Waals surface area contributed by atoms with Gasteiger partial charge in [0.25, 0.3) is 6.43 Å². The van der Waals surface area contributed by atoms with E-state index >= 15 is 0 Å². The minimum Gasteiger partial charge on any atom is -0.355 e. The molecular weight excluding hydrogens is 224 g/mol. The van der Waals surface area contributed by atoms with E-state index in [2.05, 4.69) is 17.2 Å². The highest BCUT2D eigenvalue weighted by Gasteiger charge is 2.04. The number of amides is 1. The van der Waals surface area contributed by atoms with Crippen LogP contribution in [0.3, 0.4) is 0 Å². The second kappa shape index (κ2) is 6.64. The fourth-order valence-corrected chi connectivity index (χ4v) is 1.18. The van der Waals surface area contributed by atoms with E-state index < -0.39 is 6.43 Å². The molecule has 1 rings (SSSR count). The van der Waals surface area contributed by atoms with Gasteiger partial charge in [0.15, 0.2) is 0 Å². The largest absolute Gasteiger partial charge is 0.355 e. The zero-order valence-electron chi connectivity index (χ0n) is 9.47. The Kier molecular flexibility index (Phi) is 5.15. The number of carbonyl (C=O) groups is 1. The molecule has 0 radical (unpaired) electrons. The highest BCUT2D eigenvalue weighted by atomic mass is 19.3. The second-order valence-corrected chi connectivity index (χ2v) is 3.46.